The highest BCUT2D eigenvalue weighted by atomic mass is 16.3. The largest absolute Gasteiger partial charge is 0.508 e. The van der Waals surface area contributed by atoms with Crippen LogP contribution >= 0.6 is 0 Å². The van der Waals surface area contributed by atoms with Gasteiger partial charge in [-0.2, -0.15) is 0 Å². The predicted octanol–water partition coefficient (Wildman–Crippen LogP) is 3.16. The van der Waals surface area contributed by atoms with Crippen molar-refractivity contribution in [3.63, 3.8) is 0 Å². The molecule has 0 saturated heterocycles. The van der Waals surface area contributed by atoms with Gasteiger partial charge in [0.25, 0.3) is 5.91 Å². The van der Waals surface area contributed by atoms with Crippen molar-refractivity contribution in [2.24, 2.45) is 0 Å². The lowest BCUT2D eigenvalue weighted by molar-refractivity contribution is 0.0802. The molecule has 2 aromatic rings. The number of hydrogen-bond donors (Lipinski definition) is 1. The molecule has 0 saturated carbocycles. The molecule has 2 rings (SSSR count). The van der Waals surface area contributed by atoms with Crippen LogP contribution in [0.2, 0.25) is 0 Å². The summed E-state index contributed by atoms with van der Waals surface area (Å²) < 4.78 is 0. The van der Waals surface area contributed by atoms with E-state index in [4.69, 9.17) is 0 Å². The summed E-state index contributed by atoms with van der Waals surface area (Å²) in [5, 5.41) is 9.60. The molecule has 4 nitrogen and oxygen atoms in total. The van der Waals surface area contributed by atoms with Crippen LogP contribution in [0, 0.1) is 13.8 Å². The van der Waals surface area contributed by atoms with Gasteiger partial charge in [-0.3, -0.25) is 9.78 Å². The highest BCUT2D eigenvalue weighted by Gasteiger charge is 2.12. The number of aromatic nitrogens is 1. The number of aromatic hydroxyl groups is 1. The number of phenolic OH excluding ortho intramolecular Hbond substituents is 1. The number of amides is 1. The Bertz CT molecular complexity index is 640. The second-order valence-corrected chi connectivity index (χ2v) is 5.21. The fourth-order valence-corrected chi connectivity index (χ4v) is 2.38. The SMILES string of the molecule is CCN(C)C(=O)c1ccc(-c2c(C)cc(O)cc2C)nc1. The van der Waals surface area contributed by atoms with Gasteiger partial charge in [0.15, 0.2) is 0 Å². The summed E-state index contributed by atoms with van der Waals surface area (Å²) in [5.74, 6) is 0.223. The molecule has 110 valence electrons. The van der Waals surface area contributed by atoms with Gasteiger partial charge in [-0.1, -0.05) is 0 Å². The fourth-order valence-electron chi connectivity index (χ4n) is 2.38. The van der Waals surface area contributed by atoms with E-state index in [1.807, 2.05) is 26.8 Å². The molecule has 0 aliphatic rings. The number of pyridine rings is 1. The minimum atomic E-state index is -0.0318. The lowest BCUT2D eigenvalue weighted by Gasteiger charge is -2.15. The van der Waals surface area contributed by atoms with Gasteiger partial charge in [0, 0.05) is 25.4 Å². The Kier molecular flexibility index (Phi) is 4.26. The molecule has 0 atom stereocenters. The van der Waals surface area contributed by atoms with Crippen LogP contribution in [0.5, 0.6) is 5.75 Å². The highest BCUT2D eigenvalue weighted by Crippen LogP contribution is 2.29. The van der Waals surface area contributed by atoms with Gasteiger partial charge in [-0.15, -0.1) is 0 Å². The van der Waals surface area contributed by atoms with E-state index in [1.165, 1.54) is 0 Å². The Balaban J connectivity index is 2.38. The minimum absolute atomic E-state index is 0.0318. The molecular formula is C17H20N2O2. The van der Waals surface area contributed by atoms with Crippen molar-refractivity contribution in [3.05, 3.63) is 47.2 Å². The summed E-state index contributed by atoms with van der Waals surface area (Å²) in [6.07, 6.45) is 1.61. The molecule has 1 aromatic carbocycles. The molecule has 0 aliphatic heterocycles. The van der Waals surface area contributed by atoms with E-state index in [-0.39, 0.29) is 11.7 Å². The van der Waals surface area contributed by atoms with Crippen LogP contribution in [0.1, 0.15) is 28.4 Å². The van der Waals surface area contributed by atoms with Crippen LogP contribution in [-0.2, 0) is 0 Å². The van der Waals surface area contributed by atoms with Crippen LogP contribution in [0.15, 0.2) is 30.5 Å². The molecule has 0 spiro atoms. The summed E-state index contributed by atoms with van der Waals surface area (Å²) in [5.41, 5.74) is 4.31. The lowest BCUT2D eigenvalue weighted by Crippen LogP contribution is -2.26. The molecule has 1 N–H and O–H groups in total. The topological polar surface area (TPSA) is 53.4 Å². The summed E-state index contributed by atoms with van der Waals surface area (Å²) in [6, 6.07) is 7.08. The first kappa shape index (κ1) is 15.0. The van der Waals surface area contributed by atoms with Gasteiger partial charge in [-0.05, 0) is 56.2 Å². The Morgan fingerprint density at radius 2 is 1.86 bits per heavy atom. The van der Waals surface area contributed by atoms with Crippen LogP contribution in [-0.4, -0.2) is 34.5 Å². The predicted molar refractivity (Wildman–Crippen MR) is 83.4 cm³/mol. The Hall–Kier alpha value is -2.36. The Labute approximate surface area is 125 Å². The summed E-state index contributed by atoms with van der Waals surface area (Å²) in [4.78, 5) is 18.1. The Morgan fingerprint density at radius 3 is 2.33 bits per heavy atom. The van der Waals surface area contributed by atoms with Gasteiger partial charge in [0.05, 0.1) is 11.3 Å². The molecule has 0 aliphatic carbocycles. The number of carbonyl (C=O) groups excluding carboxylic acids is 1. The molecule has 0 unspecified atom stereocenters. The van der Waals surface area contributed by atoms with E-state index < -0.39 is 0 Å². The van der Waals surface area contributed by atoms with E-state index in [0.717, 1.165) is 22.4 Å². The third-order valence-electron chi connectivity index (χ3n) is 3.61. The third kappa shape index (κ3) is 3.05. The molecule has 0 radical (unpaired) electrons. The van der Waals surface area contributed by atoms with Gasteiger partial charge in [0.1, 0.15) is 5.75 Å². The van der Waals surface area contributed by atoms with Crippen molar-refractivity contribution in [2.75, 3.05) is 13.6 Å². The maximum absolute atomic E-state index is 12.1. The quantitative estimate of drug-likeness (QED) is 0.942. The number of carbonyl (C=O) groups is 1. The van der Waals surface area contributed by atoms with E-state index in [9.17, 15) is 9.90 Å². The van der Waals surface area contributed by atoms with Crippen molar-refractivity contribution < 1.29 is 9.90 Å². The second kappa shape index (κ2) is 5.95. The molecule has 21 heavy (non-hydrogen) atoms. The first-order valence-electron chi connectivity index (χ1n) is 6.96. The van der Waals surface area contributed by atoms with Gasteiger partial charge < -0.3 is 10.0 Å². The van der Waals surface area contributed by atoms with E-state index in [1.54, 1.807) is 36.3 Å². The zero-order valence-corrected chi connectivity index (χ0v) is 12.8. The monoisotopic (exact) mass is 284 g/mol. The highest BCUT2D eigenvalue weighted by molar-refractivity contribution is 5.94. The zero-order chi connectivity index (χ0) is 15.6. The molecular weight excluding hydrogens is 264 g/mol. The van der Waals surface area contributed by atoms with Gasteiger partial charge >= 0.3 is 0 Å². The van der Waals surface area contributed by atoms with Crippen LogP contribution in [0.3, 0.4) is 0 Å². The van der Waals surface area contributed by atoms with Gasteiger partial charge in [-0.25, -0.2) is 0 Å². The van der Waals surface area contributed by atoms with E-state index in [0.29, 0.717) is 12.1 Å². The maximum atomic E-state index is 12.1. The number of rotatable bonds is 3. The normalized spacial score (nSPS) is 10.5. The van der Waals surface area contributed by atoms with Crippen LogP contribution in [0.4, 0.5) is 0 Å². The number of hydrogen-bond acceptors (Lipinski definition) is 3. The average Bonchev–Trinajstić information content (AvgIpc) is 2.45. The number of aryl methyl sites for hydroxylation is 2. The van der Waals surface area contributed by atoms with Gasteiger partial charge in [0.2, 0.25) is 0 Å². The van der Waals surface area contributed by atoms with Crippen molar-refractivity contribution in [3.8, 4) is 17.0 Å². The first-order chi connectivity index (χ1) is 9.93. The average molecular weight is 284 g/mol. The van der Waals surface area contributed by atoms with E-state index >= 15 is 0 Å². The summed E-state index contributed by atoms with van der Waals surface area (Å²) in [7, 11) is 1.77. The molecule has 1 heterocycles. The van der Waals surface area contributed by atoms with E-state index in [2.05, 4.69) is 4.98 Å². The molecule has 4 heteroatoms. The van der Waals surface area contributed by atoms with Crippen molar-refractivity contribution >= 4 is 5.91 Å². The fraction of sp³-hybridized carbons (Fsp3) is 0.294. The number of phenols is 1. The second-order valence-electron chi connectivity index (χ2n) is 5.21. The van der Waals surface area contributed by atoms with Crippen molar-refractivity contribution in [2.45, 2.75) is 20.8 Å². The number of nitrogens with zero attached hydrogens (tertiary/aromatic N) is 2. The zero-order valence-electron chi connectivity index (χ0n) is 12.8. The van der Waals surface area contributed by atoms with Crippen molar-refractivity contribution in [1.29, 1.82) is 0 Å². The molecule has 0 fully saturated rings. The Morgan fingerprint density at radius 1 is 1.24 bits per heavy atom. The summed E-state index contributed by atoms with van der Waals surface area (Å²) >= 11 is 0. The maximum Gasteiger partial charge on any atom is 0.255 e. The van der Waals surface area contributed by atoms with Crippen molar-refractivity contribution in [1.82, 2.24) is 9.88 Å². The number of benzene rings is 1. The smallest absolute Gasteiger partial charge is 0.255 e. The van der Waals surface area contributed by atoms with Crippen LogP contribution < -0.4 is 0 Å². The third-order valence-corrected chi connectivity index (χ3v) is 3.61. The minimum Gasteiger partial charge on any atom is -0.508 e. The van der Waals surface area contributed by atoms with Crippen LogP contribution in [0.25, 0.3) is 11.3 Å². The molecule has 1 amide bonds. The lowest BCUT2D eigenvalue weighted by atomic mass is 9.98. The molecule has 1 aromatic heterocycles. The first-order valence-corrected chi connectivity index (χ1v) is 6.96. The summed E-state index contributed by atoms with van der Waals surface area (Å²) in [6.45, 7) is 6.47. The standard InChI is InChI=1S/C17H20N2O2/c1-5-19(4)17(21)13-6-7-15(18-10-13)16-11(2)8-14(20)9-12(16)3/h6-10,20H,5H2,1-4H3. The molecule has 0 bridgehead atoms.